The molecule has 0 radical (unpaired) electrons. The Morgan fingerprint density at radius 1 is 1.47 bits per heavy atom. The number of likely N-dealkylation sites (N-methyl/N-ethyl adjacent to an activating group) is 1. The van der Waals surface area contributed by atoms with Crippen LogP contribution in [0.15, 0.2) is 23.7 Å². The fourth-order valence-electron chi connectivity index (χ4n) is 1.58. The molecule has 0 atom stereocenters. The van der Waals surface area contributed by atoms with Crippen molar-refractivity contribution in [3.8, 4) is 0 Å². The Kier molecular flexibility index (Phi) is 3.34. The minimum absolute atomic E-state index is 1.11. The number of pyridine rings is 1. The van der Waals surface area contributed by atoms with Crippen molar-refractivity contribution in [3.63, 3.8) is 0 Å². The van der Waals surface area contributed by atoms with Gasteiger partial charge in [-0.3, -0.25) is 0 Å². The maximum atomic E-state index is 4.35. The predicted octanol–water partition coefficient (Wildman–Crippen LogP) is 2.79. The van der Waals surface area contributed by atoms with E-state index < -0.39 is 0 Å². The summed E-state index contributed by atoms with van der Waals surface area (Å²) < 4.78 is 0. The zero-order valence-corrected chi connectivity index (χ0v) is 10.0. The molecule has 3 heteroatoms. The van der Waals surface area contributed by atoms with Gasteiger partial charge < -0.3 is 4.90 Å². The lowest BCUT2D eigenvalue weighted by Crippen LogP contribution is -2.20. The van der Waals surface area contributed by atoms with Gasteiger partial charge in [-0.05, 0) is 37.0 Å². The molecule has 0 saturated heterocycles. The molecule has 0 saturated carbocycles. The molecule has 15 heavy (non-hydrogen) atoms. The molecule has 0 amide bonds. The second kappa shape index (κ2) is 4.73. The van der Waals surface area contributed by atoms with Gasteiger partial charge >= 0.3 is 0 Å². The summed E-state index contributed by atoms with van der Waals surface area (Å²) in [6.45, 7) is 4.42. The summed E-state index contributed by atoms with van der Waals surface area (Å²) >= 11 is 1.74. The third-order valence-corrected chi connectivity index (χ3v) is 3.68. The van der Waals surface area contributed by atoms with Crippen LogP contribution < -0.4 is 0 Å². The van der Waals surface area contributed by atoms with Crippen LogP contribution in [-0.2, 0) is 6.42 Å². The number of fused-ring (bicyclic) bond motifs is 1. The number of hydrogen-bond donors (Lipinski definition) is 0. The smallest absolute Gasteiger partial charge is 0.123 e. The summed E-state index contributed by atoms with van der Waals surface area (Å²) in [6, 6.07) is 4.18. The minimum atomic E-state index is 1.11. The average molecular weight is 220 g/mol. The first-order valence-corrected chi connectivity index (χ1v) is 6.19. The SMILES string of the molecule is CCN(C)CCc1csc2ncccc12. The van der Waals surface area contributed by atoms with Crippen molar-refractivity contribution in [1.29, 1.82) is 0 Å². The van der Waals surface area contributed by atoms with Gasteiger partial charge in [0.25, 0.3) is 0 Å². The molecule has 2 nitrogen and oxygen atoms in total. The van der Waals surface area contributed by atoms with E-state index in [4.69, 9.17) is 0 Å². The Bertz CT molecular complexity index is 436. The van der Waals surface area contributed by atoms with Crippen molar-refractivity contribution in [2.45, 2.75) is 13.3 Å². The quantitative estimate of drug-likeness (QED) is 0.787. The third kappa shape index (κ3) is 2.36. The first kappa shape index (κ1) is 10.6. The van der Waals surface area contributed by atoms with E-state index >= 15 is 0 Å². The number of hydrogen-bond acceptors (Lipinski definition) is 3. The molecule has 0 bridgehead atoms. The first-order chi connectivity index (χ1) is 7.31. The molecule has 0 fully saturated rings. The average Bonchev–Trinajstić information content (AvgIpc) is 2.69. The van der Waals surface area contributed by atoms with Gasteiger partial charge in [0.1, 0.15) is 4.83 Å². The lowest BCUT2D eigenvalue weighted by Gasteiger charge is -2.12. The van der Waals surface area contributed by atoms with Gasteiger partial charge in [-0.15, -0.1) is 11.3 Å². The maximum absolute atomic E-state index is 4.35. The van der Waals surface area contributed by atoms with Crippen LogP contribution in [-0.4, -0.2) is 30.0 Å². The Balaban J connectivity index is 2.14. The van der Waals surface area contributed by atoms with E-state index in [1.54, 1.807) is 11.3 Å². The van der Waals surface area contributed by atoms with Gasteiger partial charge in [-0.2, -0.15) is 0 Å². The normalized spacial score (nSPS) is 11.4. The molecule has 2 rings (SSSR count). The Morgan fingerprint density at radius 3 is 3.13 bits per heavy atom. The molecular weight excluding hydrogens is 204 g/mol. The van der Waals surface area contributed by atoms with E-state index in [-0.39, 0.29) is 0 Å². The Morgan fingerprint density at radius 2 is 2.33 bits per heavy atom. The highest BCUT2D eigenvalue weighted by molar-refractivity contribution is 7.16. The van der Waals surface area contributed by atoms with Crippen LogP contribution >= 0.6 is 11.3 Å². The van der Waals surface area contributed by atoms with Gasteiger partial charge in [0, 0.05) is 18.1 Å². The molecule has 0 aliphatic carbocycles. The monoisotopic (exact) mass is 220 g/mol. The second-order valence-corrected chi connectivity index (χ2v) is 4.62. The topological polar surface area (TPSA) is 16.1 Å². The van der Waals surface area contributed by atoms with Crippen molar-refractivity contribution in [2.75, 3.05) is 20.1 Å². The van der Waals surface area contributed by atoms with Crippen LogP contribution in [0.5, 0.6) is 0 Å². The Labute approximate surface area is 94.6 Å². The van der Waals surface area contributed by atoms with Crippen LogP contribution in [0.1, 0.15) is 12.5 Å². The third-order valence-electron chi connectivity index (χ3n) is 2.73. The highest BCUT2D eigenvalue weighted by Gasteiger charge is 2.04. The van der Waals surface area contributed by atoms with Gasteiger partial charge in [-0.25, -0.2) is 4.98 Å². The number of aromatic nitrogens is 1. The van der Waals surface area contributed by atoms with Crippen molar-refractivity contribution in [2.24, 2.45) is 0 Å². The zero-order chi connectivity index (χ0) is 10.7. The highest BCUT2D eigenvalue weighted by atomic mass is 32.1. The van der Waals surface area contributed by atoms with Gasteiger partial charge in [0.15, 0.2) is 0 Å². The summed E-state index contributed by atoms with van der Waals surface area (Å²) in [6.07, 6.45) is 2.98. The zero-order valence-electron chi connectivity index (χ0n) is 9.23. The van der Waals surface area contributed by atoms with Gasteiger partial charge in [-0.1, -0.05) is 13.0 Å². The summed E-state index contributed by atoms with van der Waals surface area (Å²) in [5.74, 6) is 0. The van der Waals surface area contributed by atoms with Crippen molar-refractivity contribution in [3.05, 3.63) is 29.3 Å². The van der Waals surface area contributed by atoms with Crippen LogP contribution in [0.2, 0.25) is 0 Å². The molecule has 0 aliphatic rings. The summed E-state index contributed by atoms with van der Waals surface area (Å²) in [5, 5.41) is 3.56. The van der Waals surface area contributed by atoms with E-state index in [0.717, 1.165) is 24.3 Å². The van der Waals surface area contributed by atoms with Crippen molar-refractivity contribution in [1.82, 2.24) is 9.88 Å². The lowest BCUT2D eigenvalue weighted by atomic mass is 10.1. The Hall–Kier alpha value is -0.930. The maximum Gasteiger partial charge on any atom is 0.123 e. The summed E-state index contributed by atoms with van der Waals surface area (Å²) in [5.41, 5.74) is 1.43. The van der Waals surface area contributed by atoms with E-state index in [0.29, 0.717) is 0 Å². The molecule has 2 aromatic heterocycles. The fourth-order valence-corrected chi connectivity index (χ4v) is 2.53. The van der Waals surface area contributed by atoms with Crippen molar-refractivity contribution >= 4 is 21.6 Å². The van der Waals surface area contributed by atoms with Gasteiger partial charge in [0.2, 0.25) is 0 Å². The summed E-state index contributed by atoms with van der Waals surface area (Å²) in [4.78, 5) is 7.85. The number of thiophene rings is 1. The van der Waals surface area contributed by atoms with E-state index in [1.807, 2.05) is 12.3 Å². The van der Waals surface area contributed by atoms with Crippen LogP contribution in [0.3, 0.4) is 0 Å². The van der Waals surface area contributed by atoms with Crippen LogP contribution in [0.25, 0.3) is 10.2 Å². The van der Waals surface area contributed by atoms with Crippen LogP contribution in [0.4, 0.5) is 0 Å². The molecule has 2 heterocycles. The first-order valence-electron chi connectivity index (χ1n) is 5.31. The van der Waals surface area contributed by atoms with Crippen molar-refractivity contribution < 1.29 is 0 Å². The molecule has 0 unspecified atom stereocenters. The largest absolute Gasteiger partial charge is 0.306 e. The molecule has 2 aromatic rings. The van der Waals surface area contributed by atoms with Gasteiger partial charge in [0.05, 0.1) is 0 Å². The molecule has 0 aromatic carbocycles. The van der Waals surface area contributed by atoms with E-state index in [9.17, 15) is 0 Å². The van der Waals surface area contributed by atoms with E-state index in [2.05, 4.69) is 35.3 Å². The molecular formula is C12H16N2S. The molecule has 80 valence electrons. The minimum Gasteiger partial charge on any atom is -0.306 e. The molecule has 0 N–H and O–H groups in total. The number of rotatable bonds is 4. The predicted molar refractivity (Wildman–Crippen MR) is 66.5 cm³/mol. The second-order valence-electron chi connectivity index (χ2n) is 3.76. The molecule has 0 spiro atoms. The highest BCUT2D eigenvalue weighted by Crippen LogP contribution is 2.23. The van der Waals surface area contributed by atoms with Crippen LogP contribution in [0, 0.1) is 0 Å². The molecule has 0 aliphatic heterocycles. The fraction of sp³-hybridized carbons (Fsp3) is 0.417. The van der Waals surface area contributed by atoms with E-state index in [1.165, 1.54) is 10.9 Å². The standard InChI is InChI=1S/C12H16N2S/c1-3-14(2)8-6-10-9-15-12-11(10)5-4-7-13-12/h4-5,7,9H,3,6,8H2,1-2H3. The summed E-state index contributed by atoms with van der Waals surface area (Å²) in [7, 11) is 2.16. The lowest BCUT2D eigenvalue weighted by molar-refractivity contribution is 0.358. The number of nitrogens with zero attached hydrogens (tertiary/aromatic N) is 2.